The zero-order chi connectivity index (χ0) is 14.1. The highest BCUT2D eigenvalue weighted by Crippen LogP contribution is 2.31. The number of fused-ring (bicyclic) bond motifs is 1. The Labute approximate surface area is 125 Å². The minimum atomic E-state index is 0.223. The van der Waals surface area contributed by atoms with Crippen LogP contribution in [0.15, 0.2) is 18.2 Å². The summed E-state index contributed by atoms with van der Waals surface area (Å²) in [6.45, 7) is 4.86. The van der Waals surface area contributed by atoms with Gasteiger partial charge >= 0.3 is 0 Å². The lowest BCUT2D eigenvalue weighted by molar-refractivity contribution is 0.0597. The molecule has 5 heteroatoms. The van der Waals surface area contributed by atoms with Crippen LogP contribution in [0.2, 0.25) is 5.02 Å². The average Bonchev–Trinajstić information content (AvgIpc) is 2.82. The molecule has 110 valence electrons. The quantitative estimate of drug-likeness (QED) is 0.910. The molecule has 2 N–H and O–H groups in total. The zero-order valence-corrected chi connectivity index (χ0v) is 12.6. The van der Waals surface area contributed by atoms with Gasteiger partial charge < -0.3 is 15.4 Å². The maximum atomic E-state index is 6.04. The van der Waals surface area contributed by atoms with E-state index in [-0.39, 0.29) is 6.10 Å². The predicted molar refractivity (Wildman–Crippen MR) is 81.5 cm³/mol. The van der Waals surface area contributed by atoms with Crippen LogP contribution in [-0.4, -0.2) is 61.7 Å². The highest BCUT2D eigenvalue weighted by atomic mass is 35.5. The van der Waals surface area contributed by atoms with Crippen LogP contribution in [0.25, 0.3) is 0 Å². The van der Waals surface area contributed by atoms with E-state index < -0.39 is 0 Å². The summed E-state index contributed by atoms with van der Waals surface area (Å²) in [5, 5.41) is 0.785. The second-order valence-corrected chi connectivity index (χ2v) is 6.28. The second-order valence-electron chi connectivity index (χ2n) is 5.84. The molecule has 1 fully saturated rings. The Morgan fingerprint density at radius 1 is 1.40 bits per heavy atom. The van der Waals surface area contributed by atoms with Crippen molar-refractivity contribution in [1.82, 2.24) is 9.80 Å². The summed E-state index contributed by atoms with van der Waals surface area (Å²) < 4.78 is 6.03. The molecule has 2 aliphatic rings. The lowest BCUT2D eigenvalue weighted by Crippen LogP contribution is -2.56. The number of benzene rings is 1. The number of ether oxygens (including phenoxy) is 1. The van der Waals surface area contributed by atoms with Crippen LogP contribution in [0.4, 0.5) is 0 Å². The molecule has 4 nitrogen and oxygen atoms in total. The Morgan fingerprint density at radius 3 is 3.05 bits per heavy atom. The largest absolute Gasteiger partial charge is 0.488 e. The van der Waals surface area contributed by atoms with Crippen LogP contribution in [-0.2, 0) is 6.42 Å². The molecule has 0 radical (unpaired) electrons. The van der Waals surface area contributed by atoms with Gasteiger partial charge in [0.2, 0.25) is 0 Å². The van der Waals surface area contributed by atoms with Crippen LogP contribution in [0.5, 0.6) is 5.75 Å². The van der Waals surface area contributed by atoms with Gasteiger partial charge in [0.1, 0.15) is 11.9 Å². The summed E-state index contributed by atoms with van der Waals surface area (Å²) in [6.07, 6.45) is 1.17. The molecule has 1 aromatic rings. The third kappa shape index (κ3) is 2.93. The van der Waals surface area contributed by atoms with E-state index in [0.29, 0.717) is 12.6 Å². The number of rotatable bonds is 3. The number of hydrogen-bond acceptors (Lipinski definition) is 4. The molecular formula is C15H22ClN3O. The average molecular weight is 296 g/mol. The van der Waals surface area contributed by atoms with Crippen LogP contribution >= 0.6 is 11.6 Å². The van der Waals surface area contributed by atoms with E-state index in [9.17, 15) is 0 Å². The van der Waals surface area contributed by atoms with Crippen molar-refractivity contribution in [3.05, 3.63) is 28.8 Å². The summed E-state index contributed by atoms with van der Waals surface area (Å²) in [7, 11) is 2.16. The van der Waals surface area contributed by atoms with Crippen LogP contribution in [0.3, 0.4) is 0 Å². The number of halogens is 1. The minimum Gasteiger partial charge on any atom is -0.488 e. The van der Waals surface area contributed by atoms with Crippen molar-refractivity contribution in [2.75, 3.05) is 39.8 Å². The van der Waals surface area contributed by atoms with E-state index in [1.165, 1.54) is 5.56 Å². The maximum absolute atomic E-state index is 6.04. The van der Waals surface area contributed by atoms with Crippen LogP contribution in [0.1, 0.15) is 5.56 Å². The maximum Gasteiger partial charge on any atom is 0.123 e. The van der Waals surface area contributed by atoms with Gasteiger partial charge in [-0.3, -0.25) is 4.90 Å². The first-order chi connectivity index (χ1) is 9.65. The van der Waals surface area contributed by atoms with Crippen molar-refractivity contribution < 1.29 is 4.74 Å². The summed E-state index contributed by atoms with van der Waals surface area (Å²) in [5.74, 6) is 0.984. The first-order valence-electron chi connectivity index (χ1n) is 7.23. The molecule has 2 unspecified atom stereocenters. The highest BCUT2D eigenvalue weighted by molar-refractivity contribution is 6.30. The first kappa shape index (κ1) is 14.1. The van der Waals surface area contributed by atoms with Gasteiger partial charge in [-0.15, -0.1) is 0 Å². The van der Waals surface area contributed by atoms with Gasteiger partial charge in [-0.2, -0.15) is 0 Å². The molecule has 0 spiro atoms. The number of piperazine rings is 1. The molecule has 0 saturated carbocycles. The van der Waals surface area contributed by atoms with Crippen molar-refractivity contribution in [3.8, 4) is 5.75 Å². The topological polar surface area (TPSA) is 41.7 Å². The van der Waals surface area contributed by atoms with Gasteiger partial charge in [0.15, 0.2) is 0 Å². The molecule has 0 aliphatic carbocycles. The lowest BCUT2D eigenvalue weighted by Gasteiger charge is -2.40. The molecule has 3 rings (SSSR count). The number of likely N-dealkylation sites (N-methyl/N-ethyl adjacent to an activating group) is 1. The minimum absolute atomic E-state index is 0.223. The Morgan fingerprint density at radius 2 is 2.25 bits per heavy atom. The number of hydrogen-bond donors (Lipinski definition) is 1. The zero-order valence-electron chi connectivity index (χ0n) is 11.9. The SMILES string of the molecule is CN1CCN(CC2Cc3cc(Cl)ccc3O2)C(CN)C1. The van der Waals surface area contributed by atoms with Gasteiger partial charge in [-0.05, 0) is 30.8 Å². The fraction of sp³-hybridized carbons (Fsp3) is 0.600. The van der Waals surface area contributed by atoms with Gasteiger partial charge in [0.25, 0.3) is 0 Å². The second kappa shape index (κ2) is 5.90. The van der Waals surface area contributed by atoms with E-state index in [1.54, 1.807) is 0 Å². The molecule has 1 aromatic carbocycles. The Bertz CT molecular complexity index is 482. The van der Waals surface area contributed by atoms with Crippen molar-refractivity contribution in [2.45, 2.75) is 18.6 Å². The van der Waals surface area contributed by atoms with Gasteiger partial charge in [0, 0.05) is 50.2 Å². The number of nitrogens with two attached hydrogens (primary N) is 1. The van der Waals surface area contributed by atoms with Crippen LogP contribution in [0, 0.1) is 0 Å². The summed E-state index contributed by atoms with van der Waals surface area (Å²) in [5.41, 5.74) is 7.13. The molecule has 0 aromatic heterocycles. The fourth-order valence-corrected chi connectivity index (χ4v) is 3.36. The standard InChI is InChI=1S/C15H22ClN3O/c1-18-4-5-19(13(8-17)9-18)10-14-7-11-6-12(16)2-3-15(11)20-14/h2-3,6,13-14H,4-5,7-10,17H2,1H3. The van der Waals surface area contributed by atoms with E-state index >= 15 is 0 Å². The van der Waals surface area contributed by atoms with E-state index in [0.717, 1.165) is 43.4 Å². The molecule has 2 aliphatic heterocycles. The predicted octanol–water partition coefficient (Wildman–Crippen LogP) is 1.22. The van der Waals surface area contributed by atoms with E-state index in [1.807, 2.05) is 18.2 Å². The third-order valence-electron chi connectivity index (χ3n) is 4.28. The monoisotopic (exact) mass is 295 g/mol. The molecule has 1 saturated heterocycles. The summed E-state index contributed by atoms with van der Waals surface area (Å²) in [6, 6.07) is 6.31. The van der Waals surface area contributed by atoms with Gasteiger partial charge in [0.05, 0.1) is 0 Å². The Balaban J connectivity index is 1.62. The third-order valence-corrected chi connectivity index (χ3v) is 4.52. The van der Waals surface area contributed by atoms with Gasteiger partial charge in [-0.1, -0.05) is 11.6 Å². The first-order valence-corrected chi connectivity index (χ1v) is 7.61. The van der Waals surface area contributed by atoms with Gasteiger partial charge in [-0.25, -0.2) is 0 Å². The lowest BCUT2D eigenvalue weighted by atomic mass is 10.1. The molecule has 0 amide bonds. The van der Waals surface area contributed by atoms with Crippen molar-refractivity contribution in [2.24, 2.45) is 5.73 Å². The van der Waals surface area contributed by atoms with Crippen molar-refractivity contribution in [1.29, 1.82) is 0 Å². The van der Waals surface area contributed by atoms with E-state index in [4.69, 9.17) is 22.1 Å². The van der Waals surface area contributed by atoms with Crippen molar-refractivity contribution in [3.63, 3.8) is 0 Å². The highest BCUT2D eigenvalue weighted by Gasteiger charge is 2.30. The molecule has 2 atom stereocenters. The normalized spacial score (nSPS) is 27.4. The molecule has 2 heterocycles. The summed E-state index contributed by atoms with van der Waals surface area (Å²) >= 11 is 6.04. The smallest absolute Gasteiger partial charge is 0.123 e. The van der Waals surface area contributed by atoms with Crippen molar-refractivity contribution >= 4 is 11.6 Å². The number of nitrogens with zero attached hydrogens (tertiary/aromatic N) is 2. The molecular weight excluding hydrogens is 274 g/mol. The fourth-order valence-electron chi connectivity index (χ4n) is 3.16. The Kier molecular flexibility index (Phi) is 4.17. The molecule has 20 heavy (non-hydrogen) atoms. The summed E-state index contributed by atoms with van der Waals surface area (Å²) in [4.78, 5) is 4.82. The Hall–Kier alpha value is -0.810. The molecule has 0 bridgehead atoms. The van der Waals surface area contributed by atoms with Crippen LogP contribution < -0.4 is 10.5 Å². The van der Waals surface area contributed by atoms with E-state index in [2.05, 4.69) is 16.8 Å².